The number of hydrogen-bond acceptors (Lipinski definition) is 2. The average molecular weight is 158 g/mol. The molecule has 0 fully saturated rings. The van der Waals surface area contributed by atoms with E-state index in [0.29, 0.717) is 6.54 Å². The van der Waals surface area contributed by atoms with Gasteiger partial charge >= 0.3 is 0 Å². The van der Waals surface area contributed by atoms with Gasteiger partial charge in [0.25, 0.3) is 0 Å². The smallest absolute Gasteiger partial charge is 0.221 e. The van der Waals surface area contributed by atoms with Gasteiger partial charge < -0.3 is 11.1 Å². The molecule has 0 aliphatic rings. The Bertz CT molecular complexity index is 138. The summed E-state index contributed by atoms with van der Waals surface area (Å²) in [6, 6.07) is 0. The van der Waals surface area contributed by atoms with Crippen LogP contribution in [0.5, 0.6) is 0 Å². The minimum atomic E-state index is -0.248. The lowest BCUT2D eigenvalue weighted by atomic mass is 10.1. The normalized spacial score (nSPS) is 14.5. The van der Waals surface area contributed by atoms with E-state index in [9.17, 15) is 4.79 Å². The zero-order valence-corrected chi connectivity index (χ0v) is 7.77. The van der Waals surface area contributed by atoms with Crippen molar-refractivity contribution in [1.29, 1.82) is 0 Å². The van der Waals surface area contributed by atoms with Crippen LogP contribution in [0.3, 0.4) is 0 Å². The SMILES string of the molecule is CC(CNC(C)(C)C)C(N)=O. The fraction of sp³-hybridized carbons (Fsp3) is 0.875. The van der Waals surface area contributed by atoms with Crippen molar-refractivity contribution in [1.82, 2.24) is 5.32 Å². The zero-order chi connectivity index (χ0) is 9.07. The first-order chi connectivity index (χ1) is 4.83. The second-order valence-electron chi connectivity index (χ2n) is 3.93. The van der Waals surface area contributed by atoms with E-state index >= 15 is 0 Å². The fourth-order valence-electron chi connectivity index (χ4n) is 0.560. The molecular formula is C8H18N2O. The van der Waals surface area contributed by atoms with Gasteiger partial charge in [-0.1, -0.05) is 6.92 Å². The Morgan fingerprint density at radius 2 is 2.00 bits per heavy atom. The largest absolute Gasteiger partial charge is 0.369 e. The Hall–Kier alpha value is -0.570. The molecule has 0 radical (unpaired) electrons. The van der Waals surface area contributed by atoms with Crippen LogP contribution in [-0.2, 0) is 4.79 Å². The highest BCUT2D eigenvalue weighted by molar-refractivity contribution is 5.76. The molecule has 3 N–H and O–H groups in total. The molecule has 0 rings (SSSR count). The van der Waals surface area contributed by atoms with Gasteiger partial charge in [0.05, 0.1) is 0 Å². The molecule has 0 aromatic carbocycles. The van der Waals surface area contributed by atoms with Crippen LogP contribution in [0, 0.1) is 5.92 Å². The average Bonchev–Trinajstić information content (AvgIpc) is 1.80. The van der Waals surface area contributed by atoms with Gasteiger partial charge in [0.15, 0.2) is 0 Å². The van der Waals surface area contributed by atoms with Crippen molar-refractivity contribution in [3.63, 3.8) is 0 Å². The van der Waals surface area contributed by atoms with Crippen molar-refractivity contribution in [3.05, 3.63) is 0 Å². The highest BCUT2D eigenvalue weighted by atomic mass is 16.1. The third kappa shape index (κ3) is 5.85. The molecule has 0 spiro atoms. The van der Waals surface area contributed by atoms with Gasteiger partial charge in [-0.3, -0.25) is 4.79 Å². The van der Waals surface area contributed by atoms with Crippen molar-refractivity contribution in [2.75, 3.05) is 6.54 Å². The van der Waals surface area contributed by atoms with E-state index in [2.05, 4.69) is 26.1 Å². The maximum absolute atomic E-state index is 10.6. The van der Waals surface area contributed by atoms with Crippen LogP contribution in [0.15, 0.2) is 0 Å². The molecule has 1 unspecified atom stereocenters. The van der Waals surface area contributed by atoms with E-state index in [-0.39, 0.29) is 17.4 Å². The summed E-state index contributed by atoms with van der Waals surface area (Å²) in [6.07, 6.45) is 0. The summed E-state index contributed by atoms with van der Waals surface area (Å²) in [5.74, 6) is -0.337. The van der Waals surface area contributed by atoms with Crippen molar-refractivity contribution in [2.24, 2.45) is 11.7 Å². The molecule has 0 saturated heterocycles. The van der Waals surface area contributed by atoms with Crippen LogP contribution in [0.1, 0.15) is 27.7 Å². The summed E-state index contributed by atoms with van der Waals surface area (Å²) >= 11 is 0. The quantitative estimate of drug-likeness (QED) is 0.628. The monoisotopic (exact) mass is 158 g/mol. The van der Waals surface area contributed by atoms with Crippen molar-refractivity contribution in [3.8, 4) is 0 Å². The predicted octanol–water partition coefficient (Wildman–Crippen LogP) is 0.496. The van der Waals surface area contributed by atoms with E-state index < -0.39 is 0 Å². The standard InChI is InChI=1S/C8H18N2O/c1-6(7(9)11)5-10-8(2,3)4/h6,10H,5H2,1-4H3,(H2,9,11). The number of rotatable bonds is 3. The Morgan fingerprint density at radius 3 is 2.27 bits per heavy atom. The molecule has 3 heteroatoms. The molecule has 0 saturated carbocycles. The van der Waals surface area contributed by atoms with Crippen LogP contribution < -0.4 is 11.1 Å². The molecular weight excluding hydrogens is 140 g/mol. The summed E-state index contributed by atoms with van der Waals surface area (Å²) in [5, 5.41) is 3.20. The van der Waals surface area contributed by atoms with Crippen LogP contribution in [0.25, 0.3) is 0 Å². The van der Waals surface area contributed by atoms with Gasteiger partial charge in [0, 0.05) is 18.0 Å². The van der Waals surface area contributed by atoms with E-state index in [0.717, 1.165) is 0 Å². The first kappa shape index (κ1) is 10.4. The highest BCUT2D eigenvalue weighted by Crippen LogP contribution is 2.00. The van der Waals surface area contributed by atoms with Crippen LogP contribution in [-0.4, -0.2) is 18.0 Å². The van der Waals surface area contributed by atoms with E-state index in [4.69, 9.17) is 5.73 Å². The summed E-state index contributed by atoms with van der Waals surface area (Å²) in [5.41, 5.74) is 5.15. The first-order valence-corrected chi connectivity index (χ1v) is 3.87. The van der Waals surface area contributed by atoms with E-state index in [1.54, 1.807) is 0 Å². The van der Waals surface area contributed by atoms with Crippen molar-refractivity contribution >= 4 is 5.91 Å². The van der Waals surface area contributed by atoms with Crippen LogP contribution >= 0.6 is 0 Å². The number of carbonyl (C=O) groups excluding carboxylic acids is 1. The molecule has 0 aliphatic carbocycles. The molecule has 0 bridgehead atoms. The van der Waals surface area contributed by atoms with Gasteiger partial charge in [-0.25, -0.2) is 0 Å². The van der Waals surface area contributed by atoms with Gasteiger partial charge in [-0.05, 0) is 20.8 Å². The highest BCUT2D eigenvalue weighted by Gasteiger charge is 2.13. The van der Waals surface area contributed by atoms with Gasteiger partial charge in [-0.15, -0.1) is 0 Å². The maximum Gasteiger partial charge on any atom is 0.221 e. The minimum absolute atomic E-state index is 0.0592. The van der Waals surface area contributed by atoms with Crippen molar-refractivity contribution in [2.45, 2.75) is 33.2 Å². The first-order valence-electron chi connectivity index (χ1n) is 3.87. The number of hydrogen-bond donors (Lipinski definition) is 2. The van der Waals surface area contributed by atoms with Crippen LogP contribution in [0.2, 0.25) is 0 Å². The third-order valence-corrected chi connectivity index (χ3v) is 1.42. The van der Waals surface area contributed by atoms with Crippen molar-refractivity contribution < 1.29 is 4.79 Å². The number of carbonyl (C=O) groups is 1. The lowest BCUT2D eigenvalue weighted by Crippen LogP contribution is -2.41. The van der Waals surface area contributed by atoms with Gasteiger partial charge in [-0.2, -0.15) is 0 Å². The minimum Gasteiger partial charge on any atom is -0.369 e. The summed E-state index contributed by atoms with van der Waals surface area (Å²) in [4.78, 5) is 10.6. The Labute approximate surface area is 68.3 Å². The number of nitrogens with one attached hydrogen (secondary N) is 1. The molecule has 3 nitrogen and oxygen atoms in total. The Kier molecular flexibility index (Phi) is 3.52. The summed E-state index contributed by atoms with van der Waals surface area (Å²) < 4.78 is 0. The molecule has 11 heavy (non-hydrogen) atoms. The zero-order valence-electron chi connectivity index (χ0n) is 7.77. The molecule has 1 amide bonds. The molecule has 0 heterocycles. The lowest BCUT2D eigenvalue weighted by Gasteiger charge is -2.22. The molecule has 66 valence electrons. The molecule has 0 aliphatic heterocycles. The number of primary amides is 1. The predicted molar refractivity (Wildman–Crippen MR) is 46.1 cm³/mol. The second-order valence-corrected chi connectivity index (χ2v) is 3.93. The molecule has 1 atom stereocenters. The maximum atomic E-state index is 10.6. The number of amides is 1. The molecule has 0 aromatic rings. The Morgan fingerprint density at radius 1 is 1.55 bits per heavy atom. The van der Waals surface area contributed by atoms with Crippen LogP contribution in [0.4, 0.5) is 0 Å². The summed E-state index contributed by atoms with van der Waals surface area (Å²) in [6.45, 7) is 8.64. The van der Waals surface area contributed by atoms with E-state index in [1.807, 2.05) is 6.92 Å². The molecule has 0 aromatic heterocycles. The lowest BCUT2D eigenvalue weighted by molar-refractivity contribution is -0.121. The third-order valence-electron chi connectivity index (χ3n) is 1.42. The topological polar surface area (TPSA) is 55.1 Å². The second kappa shape index (κ2) is 3.72. The van der Waals surface area contributed by atoms with E-state index in [1.165, 1.54) is 0 Å². The van der Waals surface area contributed by atoms with Gasteiger partial charge in [0.1, 0.15) is 0 Å². The van der Waals surface area contributed by atoms with Gasteiger partial charge in [0.2, 0.25) is 5.91 Å². The Balaban J connectivity index is 3.63. The summed E-state index contributed by atoms with van der Waals surface area (Å²) in [7, 11) is 0. The fourth-order valence-corrected chi connectivity index (χ4v) is 0.560. The number of nitrogens with two attached hydrogens (primary N) is 1.